The molecule has 22 heavy (non-hydrogen) atoms. The van der Waals surface area contributed by atoms with Gasteiger partial charge in [0, 0.05) is 21.2 Å². The van der Waals surface area contributed by atoms with Gasteiger partial charge in [0.15, 0.2) is 0 Å². The molecule has 3 nitrogen and oxygen atoms in total. The smallest absolute Gasteiger partial charge is 0.265 e. The number of anilines is 1. The summed E-state index contributed by atoms with van der Waals surface area (Å²) in [5.41, 5.74) is 1.37. The number of para-hydroxylation sites is 1. The van der Waals surface area contributed by atoms with Crippen LogP contribution in [0.25, 0.3) is 10.4 Å². The number of carbonyl (C=O) groups excluding carboxylic acids is 1. The Bertz CT molecular complexity index is 829. The zero-order valence-electron chi connectivity index (χ0n) is 11.4. The van der Waals surface area contributed by atoms with Crippen LogP contribution in [0.4, 0.5) is 5.69 Å². The molecule has 5 heteroatoms. The minimum atomic E-state index is -0.200. The summed E-state index contributed by atoms with van der Waals surface area (Å²) in [6.45, 7) is 0. The van der Waals surface area contributed by atoms with Crippen molar-refractivity contribution >= 4 is 34.5 Å². The van der Waals surface area contributed by atoms with Crippen LogP contribution in [0.3, 0.4) is 0 Å². The summed E-state index contributed by atoms with van der Waals surface area (Å²) in [5.74, 6) is 0.0000805. The lowest BCUT2D eigenvalue weighted by molar-refractivity contribution is 0.103. The van der Waals surface area contributed by atoms with Gasteiger partial charge in [-0.15, -0.1) is 11.3 Å². The molecule has 0 aliphatic carbocycles. The third kappa shape index (κ3) is 3.13. The normalized spacial score (nSPS) is 10.4. The van der Waals surface area contributed by atoms with Crippen LogP contribution >= 0.6 is 22.9 Å². The van der Waals surface area contributed by atoms with Crippen molar-refractivity contribution in [3.8, 4) is 16.2 Å². The number of hydrogen-bond donors (Lipinski definition) is 2. The molecular formula is C17H12ClNO2S. The lowest BCUT2D eigenvalue weighted by Crippen LogP contribution is -2.09. The molecule has 0 fully saturated rings. The van der Waals surface area contributed by atoms with Crippen LogP contribution < -0.4 is 5.32 Å². The van der Waals surface area contributed by atoms with E-state index < -0.39 is 0 Å². The van der Waals surface area contributed by atoms with Crippen molar-refractivity contribution in [2.24, 2.45) is 0 Å². The van der Waals surface area contributed by atoms with Crippen molar-refractivity contribution in [1.29, 1.82) is 0 Å². The third-order valence-electron chi connectivity index (χ3n) is 3.08. The van der Waals surface area contributed by atoms with Gasteiger partial charge in [-0.05, 0) is 42.5 Å². The van der Waals surface area contributed by atoms with Crippen LogP contribution in [0, 0.1) is 0 Å². The summed E-state index contributed by atoms with van der Waals surface area (Å²) in [6.07, 6.45) is 0. The van der Waals surface area contributed by atoms with E-state index in [1.807, 2.05) is 18.2 Å². The molecule has 2 N–H and O–H groups in total. The number of benzene rings is 2. The van der Waals surface area contributed by atoms with E-state index in [0.717, 1.165) is 4.88 Å². The highest BCUT2D eigenvalue weighted by Gasteiger charge is 2.12. The number of carbonyl (C=O) groups is 1. The highest BCUT2D eigenvalue weighted by molar-refractivity contribution is 7.17. The SMILES string of the molecule is O=C(Nc1cccc(Cl)c1)c1ccc(-c2ccccc2O)s1. The highest BCUT2D eigenvalue weighted by atomic mass is 35.5. The van der Waals surface area contributed by atoms with Crippen LogP contribution in [-0.2, 0) is 0 Å². The van der Waals surface area contributed by atoms with E-state index >= 15 is 0 Å². The Morgan fingerprint density at radius 1 is 1.05 bits per heavy atom. The molecule has 0 unspecified atom stereocenters. The number of nitrogens with one attached hydrogen (secondary N) is 1. The molecule has 0 bridgehead atoms. The lowest BCUT2D eigenvalue weighted by atomic mass is 10.2. The summed E-state index contributed by atoms with van der Waals surface area (Å²) >= 11 is 7.23. The molecule has 1 heterocycles. The van der Waals surface area contributed by atoms with E-state index in [9.17, 15) is 9.90 Å². The van der Waals surface area contributed by atoms with E-state index in [-0.39, 0.29) is 11.7 Å². The second kappa shape index (κ2) is 6.22. The van der Waals surface area contributed by atoms with Crippen LogP contribution in [-0.4, -0.2) is 11.0 Å². The molecule has 0 aliphatic heterocycles. The van der Waals surface area contributed by atoms with Crippen molar-refractivity contribution in [2.45, 2.75) is 0 Å². The van der Waals surface area contributed by atoms with E-state index in [1.54, 1.807) is 42.5 Å². The molecule has 1 aromatic heterocycles. The standard InChI is InChI=1S/C17H12ClNO2S/c18-11-4-3-5-12(10-11)19-17(21)16-9-8-15(22-16)13-6-1-2-7-14(13)20/h1-10,20H,(H,19,21). The number of phenolic OH excluding ortho intramolecular Hbond substituents is 1. The molecule has 0 atom stereocenters. The van der Waals surface area contributed by atoms with Gasteiger partial charge in [0.1, 0.15) is 5.75 Å². The molecule has 0 saturated heterocycles. The van der Waals surface area contributed by atoms with Gasteiger partial charge in [-0.25, -0.2) is 0 Å². The fourth-order valence-electron chi connectivity index (χ4n) is 2.05. The Kier molecular flexibility index (Phi) is 4.13. The Balaban J connectivity index is 1.82. The number of aromatic hydroxyl groups is 1. The maximum absolute atomic E-state index is 12.2. The van der Waals surface area contributed by atoms with Crippen LogP contribution in [0.1, 0.15) is 9.67 Å². The topological polar surface area (TPSA) is 49.3 Å². The van der Waals surface area contributed by atoms with E-state index in [1.165, 1.54) is 11.3 Å². The second-order valence-electron chi connectivity index (χ2n) is 4.65. The van der Waals surface area contributed by atoms with Crippen molar-refractivity contribution in [2.75, 3.05) is 5.32 Å². The largest absolute Gasteiger partial charge is 0.507 e. The number of halogens is 1. The average Bonchev–Trinajstić information content (AvgIpc) is 2.97. The number of hydrogen-bond acceptors (Lipinski definition) is 3. The van der Waals surface area contributed by atoms with Crippen molar-refractivity contribution in [1.82, 2.24) is 0 Å². The monoisotopic (exact) mass is 329 g/mol. The first kappa shape index (κ1) is 14.6. The first-order valence-electron chi connectivity index (χ1n) is 6.58. The average molecular weight is 330 g/mol. The maximum atomic E-state index is 12.2. The molecule has 0 aliphatic rings. The Morgan fingerprint density at radius 2 is 1.86 bits per heavy atom. The van der Waals surface area contributed by atoms with Gasteiger partial charge in [0.05, 0.1) is 4.88 Å². The van der Waals surface area contributed by atoms with Gasteiger partial charge in [0.25, 0.3) is 5.91 Å². The van der Waals surface area contributed by atoms with Crippen LogP contribution in [0.2, 0.25) is 5.02 Å². The van der Waals surface area contributed by atoms with Crippen molar-refractivity contribution < 1.29 is 9.90 Å². The molecule has 0 spiro atoms. The quantitative estimate of drug-likeness (QED) is 0.708. The Morgan fingerprint density at radius 3 is 2.64 bits per heavy atom. The minimum absolute atomic E-state index is 0.200. The molecule has 2 aromatic carbocycles. The van der Waals surface area contributed by atoms with Crippen molar-refractivity contribution in [3.05, 3.63) is 70.6 Å². The number of amides is 1. The number of phenols is 1. The van der Waals surface area contributed by atoms with Gasteiger partial charge in [-0.3, -0.25) is 4.79 Å². The summed E-state index contributed by atoms with van der Waals surface area (Å²) < 4.78 is 0. The first-order chi connectivity index (χ1) is 10.6. The first-order valence-corrected chi connectivity index (χ1v) is 7.78. The van der Waals surface area contributed by atoms with Crippen molar-refractivity contribution in [3.63, 3.8) is 0 Å². The number of rotatable bonds is 3. The minimum Gasteiger partial charge on any atom is -0.507 e. The Hall–Kier alpha value is -2.30. The molecule has 3 rings (SSSR count). The van der Waals surface area contributed by atoms with Crippen LogP contribution in [0.5, 0.6) is 5.75 Å². The van der Waals surface area contributed by atoms with Crippen LogP contribution in [0.15, 0.2) is 60.7 Å². The van der Waals surface area contributed by atoms with Gasteiger partial charge < -0.3 is 10.4 Å². The Labute approximate surface area is 136 Å². The summed E-state index contributed by atoms with van der Waals surface area (Å²) in [4.78, 5) is 13.7. The summed E-state index contributed by atoms with van der Waals surface area (Å²) in [6, 6.07) is 17.6. The molecular weight excluding hydrogens is 318 g/mol. The van der Waals surface area contributed by atoms with Gasteiger partial charge >= 0.3 is 0 Å². The number of thiophene rings is 1. The zero-order valence-corrected chi connectivity index (χ0v) is 13.0. The van der Waals surface area contributed by atoms with E-state index in [0.29, 0.717) is 21.2 Å². The van der Waals surface area contributed by atoms with Gasteiger partial charge in [0.2, 0.25) is 0 Å². The fourth-order valence-corrected chi connectivity index (χ4v) is 3.17. The molecule has 110 valence electrons. The summed E-state index contributed by atoms with van der Waals surface area (Å²) in [7, 11) is 0. The predicted molar refractivity (Wildman–Crippen MR) is 90.8 cm³/mol. The molecule has 3 aromatic rings. The predicted octanol–water partition coefficient (Wildman–Crippen LogP) is 5.03. The summed E-state index contributed by atoms with van der Waals surface area (Å²) in [5, 5.41) is 13.2. The molecule has 1 amide bonds. The van der Waals surface area contributed by atoms with E-state index in [4.69, 9.17) is 11.6 Å². The highest BCUT2D eigenvalue weighted by Crippen LogP contribution is 2.34. The lowest BCUT2D eigenvalue weighted by Gasteiger charge is -2.03. The molecule has 0 saturated carbocycles. The van der Waals surface area contributed by atoms with Gasteiger partial charge in [-0.1, -0.05) is 29.8 Å². The van der Waals surface area contributed by atoms with Gasteiger partial charge in [-0.2, -0.15) is 0 Å². The molecule has 0 radical (unpaired) electrons. The van der Waals surface area contributed by atoms with E-state index in [2.05, 4.69) is 5.32 Å². The third-order valence-corrected chi connectivity index (χ3v) is 4.43. The second-order valence-corrected chi connectivity index (χ2v) is 6.17. The zero-order chi connectivity index (χ0) is 15.5. The maximum Gasteiger partial charge on any atom is 0.265 e. The fraction of sp³-hybridized carbons (Fsp3) is 0.